The van der Waals surface area contributed by atoms with Gasteiger partial charge in [0.05, 0.1) is 32.8 Å². The maximum atomic E-state index is 13.5. The summed E-state index contributed by atoms with van der Waals surface area (Å²) >= 11 is 0. The van der Waals surface area contributed by atoms with Gasteiger partial charge in [0.2, 0.25) is 15.8 Å². The van der Waals surface area contributed by atoms with E-state index in [0.717, 1.165) is 19.3 Å². The zero-order valence-corrected chi connectivity index (χ0v) is 20.8. The van der Waals surface area contributed by atoms with Crippen LogP contribution in [-0.2, 0) is 26.0 Å². The van der Waals surface area contributed by atoms with Crippen LogP contribution in [0.1, 0.15) is 37.7 Å². The predicted octanol–water partition coefficient (Wildman–Crippen LogP) is 3.82. The summed E-state index contributed by atoms with van der Waals surface area (Å²) in [5.74, 6) is 0.259. The Labute approximate surface area is 201 Å². The van der Waals surface area contributed by atoms with Crippen LogP contribution in [0.25, 0.3) is 0 Å². The molecule has 8 nitrogen and oxygen atoms in total. The third kappa shape index (κ3) is 6.01. The molecule has 1 atom stereocenters. The average Bonchev–Trinajstić information content (AvgIpc) is 2.87. The first kappa shape index (κ1) is 25.8. The summed E-state index contributed by atoms with van der Waals surface area (Å²) in [5.41, 5.74) is 1.24. The SMILES string of the molecule is COc1cc(S(=O)(=O)N2CCCCC2C(=O)OCCCCc2ccccc2)cc(OC)c1OC. The van der Waals surface area contributed by atoms with Crippen LogP contribution in [-0.4, -0.2) is 59.2 Å². The van der Waals surface area contributed by atoms with E-state index in [1.807, 2.05) is 18.2 Å². The van der Waals surface area contributed by atoms with Gasteiger partial charge in [-0.15, -0.1) is 0 Å². The van der Waals surface area contributed by atoms with E-state index in [0.29, 0.717) is 25.0 Å². The summed E-state index contributed by atoms with van der Waals surface area (Å²) in [5, 5.41) is 0. The Bertz CT molecular complexity index is 1030. The number of carbonyl (C=O) groups excluding carboxylic acids is 1. The van der Waals surface area contributed by atoms with Gasteiger partial charge >= 0.3 is 5.97 Å². The second-order valence-corrected chi connectivity index (χ2v) is 9.99. The molecule has 1 unspecified atom stereocenters. The molecular formula is C25H33NO7S. The number of nitrogens with zero attached hydrogens (tertiary/aromatic N) is 1. The standard InChI is InChI=1S/C25H33NO7S/c1-30-22-17-20(18-23(31-2)24(22)32-3)34(28,29)26-15-9-7-14-21(26)25(27)33-16-10-8-13-19-11-5-4-6-12-19/h4-6,11-12,17-18,21H,7-10,13-16H2,1-3H3. The Hall–Kier alpha value is -2.78. The molecule has 0 bridgehead atoms. The van der Waals surface area contributed by atoms with Gasteiger partial charge in [-0.05, 0) is 44.1 Å². The zero-order valence-electron chi connectivity index (χ0n) is 20.0. The first-order valence-corrected chi connectivity index (χ1v) is 12.9. The van der Waals surface area contributed by atoms with Crippen LogP contribution in [0.3, 0.4) is 0 Å². The minimum atomic E-state index is -4.00. The highest BCUT2D eigenvalue weighted by Gasteiger charge is 2.39. The van der Waals surface area contributed by atoms with Crippen LogP contribution in [0, 0.1) is 0 Å². The molecule has 1 aliphatic heterocycles. The number of hydrogen-bond donors (Lipinski definition) is 0. The number of esters is 1. The minimum absolute atomic E-state index is 0.0236. The number of sulfonamides is 1. The fourth-order valence-corrected chi connectivity index (χ4v) is 5.79. The molecule has 0 aliphatic carbocycles. The molecule has 34 heavy (non-hydrogen) atoms. The molecule has 0 N–H and O–H groups in total. The molecule has 0 aromatic heterocycles. The molecule has 2 aromatic carbocycles. The second kappa shape index (κ2) is 12.1. The lowest BCUT2D eigenvalue weighted by molar-refractivity contribution is -0.149. The number of methoxy groups -OCH3 is 3. The summed E-state index contributed by atoms with van der Waals surface area (Å²) in [6.45, 7) is 0.507. The molecule has 0 spiro atoms. The summed E-state index contributed by atoms with van der Waals surface area (Å²) in [7, 11) is 0.295. The van der Waals surface area contributed by atoms with Crippen molar-refractivity contribution in [1.29, 1.82) is 0 Å². The monoisotopic (exact) mass is 491 g/mol. The van der Waals surface area contributed by atoms with Crippen LogP contribution in [0.5, 0.6) is 17.2 Å². The van der Waals surface area contributed by atoms with E-state index in [9.17, 15) is 13.2 Å². The van der Waals surface area contributed by atoms with E-state index in [4.69, 9.17) is 18.9 Å². The van der Waals surface area contributed by atoms with Crippen molar-refractivity contribution in [3.8, 4) is 17.2 Å². The largest absolute Gasteiger partial charge is 0.493 e. The predicted molar refractivity (Wildman–Crippen MR) is 128 cm³/mol. The summed E-state index contributed by atoms with van der Waals surface area (Å²) < 4.78 is 49.7. The van der Waals surface area contributed by atoms with Crippen LogP contribution >= 0.6 is 0 Å². The maximum absolute atomic E-state index is 13.5. The van der Waals surface area contributed by atoms with Crippen molar-refractivity contribution < 1.29 is 32.2 Å². The third-order valence-electron chi connectivity index (χ3n) is 5.92. The molecule has 3 rings (SSSR count). The van der Waals surface area contributed by atoms with Gasteiger partial charge in [-0.2, -0.15) is 4.31 Å². The number of piperidine rings is 1. The van der Waals surface area contributed by atoms with E-state index in [1.54, 1.807) is 0 Å². The van der Waals surface area contributed by atoms with Gasteiger partial charge in [0.1, 0.15) is 6.04 Å². The molecule has 0 amide bonds. The van der Waals surface area contributed by atoms with E-state index in [2.05, 4.69) is 12.1 Å². The van der Waals surface area contributed by atoms with E-state index >= 15 is 0 Å². The molecular weight excluding hydrogens is 458 g/mol. The molecule has 186 valence electrons. The van der Waals surface area contributed by atoms with Crippen LogP contribution in [0.4, 0.5) is 0 Å². The van der Waals surface area contributed by atoms with E-state index in [1.165, 1.54) is 43.3 Å². The van der Waals surface area contributed by atoms with Crippen LogP contribution in [0.15, 0.2) is 47.4 Å². The Morgan fingerprint density at radius 2 is 1.65 bits per heavy atom. The van der Waals surface area contributed by atoms with Gasteiger partial charge < -0.3 is 18.9 Å². The van der Waals surface area contributed by atoms with Gasteiger partial charge in [-0.3, -0.25) is 4.79 Å². The lowest BCUT2D eigenvalue weighted by Gasteiger charge is -2.33. The lowest BCUT2D eigenvalue weighted by Crippen LogP contribution is -2.48. The number of benzene rings is 2. The van der Waals surface area contributed by atoms with Crippen molar-refractivity contribution in [2.24, 2.45) is 0 Å². The second-order valence-electron chi connectivity index (χ2n) is 8.10. The summed E-state index contributed by atoms with van der Waals surface area (Å²) in [6, 6.07) is 12.0. The zero-order chi connectivity index (χ0) is 24.6. The first-order valence-electron chi connectivity index (χ1n) is 11.4. The Morgan fingerprint density at radius 3 is 2.26 bits per heavy atom. The highest BCUT2D eigenvalue weighted by molar-refractivity contribution is 7.89. The van der Waals surface area contributed by atoms with Gasteiger partial charge in [0.25, 0.3) is 0 Å². The van der Waals surface area contributed by atoms with Gasteiger partial charge in [-0.1, -0.05) is 30.3 Å². The Morgan fingerprint density at radius 1 is 0.971 bits per heavy atom. The maximum Gasteiger partial charge on any atom is 0.324 e. The third-order valence-corrected chi connectivity index (χ3v) is 7.80. The van der Waals surface area contributed by atoms with Crippen molar-refractivity contribution in [1.82, 2.24) is 4.31 Å². The number of hydrogen-bond acceptors (Lipinski definition) is 7. The summed E-state index contributed by atoms with van der Waals surface area (Å²) in [4.78, 5) is 12.8. The fraction of sp³-hybridized carbons (Fsp3) is 0.480. The smallest absolute Gasteiger partial charge is 0.324 e. The number of aryl methyl sites for hydroxylation is 1. The van der Waals surface area contributed by atoms with E-state index < -0.39 is 22.0 Å². The number of unbranched alkanes of at least 4 members (excludes halogenated alkanes) is 1. The molecule has 1 heterocycles. The molecule has 2 aromatic rings. The quantitative estimate of drug-likeness (QED) is 0.349. The first-order chi connectivity index (χ1) is 16.4. The molecule has 1 fully saturated rings. The van der Waals surface area contributed by atoms with Gasteiger partial charge in [0, 0.05) is 18.7 Å². The van der Waals surface area contributed by atoms with Gasteiger partial charge in [-0.25, -0.2) is 8.42 Å². The number of ether oxygens (including phenoxy) is 4. The lowest BCUT2D eigenvalue weighted by atomic mass is 10.1. The van der Waals surface area contributed by atoms with Crippen molar-refractivity contribution in [2.75, 3.05) is 34.5 Å². The normalized spacial score (nSPS) is 16.6. The number of rotatable bonds is 11. The molecule has 0 radical (unpaired) electrons. The number of carbonyl (C=O) groups is 1. The van der Waals surface area contributed by atoms with Crippen molar-refractivity contribution in [2.45, 2.75) is 49.5 Å². The molecule has 9 heteroatoms. The topological polar surface area (TPSA) is 91.4 Å². The van der Waals surface area contributed by atoms with Crippen molar-refractivity contribution in [3.05, 3.63) is 48.0 Å². The molecule has 0 saturated carbocycles. The molecule has 1 aliphatic rings. The molecule has 1 saturated heterocycles. The van der Waals surface area contributed by atoms with E-state index in [-0.39, 0.29) is 29.5 Å². The van der Waals surface area contributed by atoms with Gasteiger partial charge in [0.15, 0.2) is 11.5 Å². The Balaban J connectivity index is 1.69. The highest BCUT2D eigenvalue weighted by Crippen LogP contribution is 2.40. The highest BCUT2D eigenvalue weighted by atomic mass is 32.2. The van der Waals surface area contributed by atoms with Crippen molar-refractivity contribution in [3.63, 3.8) is 0 Å². The minimum Gasteiger partial charge on any atom is -0.493 e. The Kier molecular flexibility index (Phi) is 9.18. The summed E-state index contributed by atoms with van der Waals surface area (Å²) in [6.07, 6.45) is 4.36. The fourth-order valence-electron chi connectivity index (χ4n) is 4.11. The van der Waals surface area contributed by atoms with Crippen LogP contribution < -0.4 is 14.2 Å². The van der Waals surface area contributed by atoms with Crippen LogP contribution in [0.2, 0.25) is 0 Å². The average molecular weight is 492 g/mol. The van der Waals surface area contributed by atoms with Crippen molar-refractivity contribution >= 4 is 16.0 Å².